The second-order valence-electron chi connectivity index (χ2n) is 5.80. The van der Waals surface area contributed by atoms with Gasteiger partial charge in [-0.1, -0.05) is 12.1 Å². The van der Waals surface area contributed by atoms with Crippen molar-refractivity contribution in [2.75, 3.05) is 13.7 Å². The Kier molecular flexibility index (Phi) is 4.04. The number of carbonyl (C=O) groups excluding carboxylic acids is 3. The summed E-state index contributed by atoms with van der Waals surface area (Å²) in [6.45, 7) is 2.09. The summed E-state index contributed by atoms with van der Waals surface area (Å²) in [5.74, 6) is -2.90. The second-order valence-corrected chi connectivity index (χ2v) is 5.80. The number of ether oxygens (including phenoxy) is 2. The SMILES string of the molecule is CCO[C@H]1CC(=O)[C@@H](OC)[C@H]2C(=O)c3cccc(O)c3C(=O)[C@H]21. The topological polar surface area (TPSA) is 89.9 Å². The number of aromatic hydroxyl groups is 1. The van der Waals surface area contributed by atoms with Gasteiger partial charge in [-0.2, -0.15) is 0 Å². The van der Waals surface area contributed by atoms with E-state index in [2.05, 4.69) is 0 Å². The standard InChI is InChI=1S/C17H18O6/c1-3-23-11-7-10(19)17(22-2)14-13(11)16(21)12-8(15(14)20)5-4-6-9(12)18/h4-6,11,13-14,17-18H,3,7H2,1-2H3/t11-,13-,14+,17+/m0/s1. The van der Waals surface area contributed by atoms with Crippen molar-refractivity contribution < 1.29 is 29.0 Å². The van der Waals surface area contributed by atoms with E-state index in [9.17, 15) is 19.5 Å². The minimum Gasteiger partial charge on any atom is -0.507 e. The monoisotopic (exact) mass is 318 g/mol. The van der Waals surface area contributed by atoms with Gasteiger partial charge in [0.05, 0.1) is 23.5 Å². The van der Waals surface area contributed by atoms with Gasteiger partial charge in [0.15, 0.2) is 17.3 Å². The minimum atomic E-state index is -0.955. The summed E-state index contributed by atoms with van der Waals surface area (Å²) in [4.78, 5) is 38.1. The Bertz CT molecular complexity index is 680. The Balaban J connectivity index is 2.16. The Labute approximate surface area is 133 Å². The van der Waals surface area contributed by atoms with Gasteiger partial charge in [-0.15, -0.1) is 0 Å². The van der Waals surface area contributed by atoms with Gasteiger partial charge in [0.2, 0.25) is 0 Å². The average molecular weight is 318 g/mol. The zero-order valence-corrected chi connectivity index (χ0v) is 12.9. The number of hydrogen-bond donors (Lipinski definition) is 1. The molecule has 6 heteroatoms. The normalized spacial score (nSPS) is 30.1. The number of rotatable bonds is 3. The molecular formula is C17H18O6. The third-order valence-corrected chi connectivity index (χ3v) is 4.63. The van der Waals surface area contributed by atoms with Crippen LogP contribution in [0.2, 0.25) is 0 Å². The Hall–Kier alpha value is -2.05. The zero-order chi connectivity index (χ0) is 16.7. The third kappa shape index (κ3) is 2.29. The predicted molar refractivity (Wildman–Crippen MR) is 79.6 cm³/mol. The quantitative estimate of drug-likeness (QED) is 0.906. The van der Waals surface area contributed by atoms with Crippen molar-refractivity contribution in [3.8, 4) is 5.75 Å². The lowest BCUT2D eigenvalue weighted by Gasteiger charge is -2.42. The molecule has 1 saturated carbocycles. The van der Waals surface area contributed by atoms with E-state index >= 15 is 0 Å². The summed E-state index contributed by atoms with van der Waals surface area (Å²) in [7, 11) is 1.36. The maximum absolute atomic E-state index is 12.9. The van der Waals surface area contributed by atoms with E-state index < -0.39 is 24.0 Å². The highest BCUT2D eigenvalue weighted by Crippen LogP contribution is 2.43. The average Bonchev–Trinajstić information content (AvgIpc) is 2.52. The molecule has 0 unspecified atom stereocenters. The molecule has 1 aromatic rings. The number of benzene rings is 1. The van der Waals surface area contributed by atoms with Gasteiger partial charge in [0.1, 0.15) is 11.9 Å². The van der Waals surface area contributed by atoms with Crippen LogP contribution in [0, 0.1) is 11.8 Å². The van der Waals surface area contributed by atoms with Crippen LogP contribution in [-0.2, 0) is 14.3 Å². The number of phenols is 1. The van der Waals surface area contributed by atoms with Gasteiger partial charge in [0.25, 0.3) is 0 Å². The van der Waals surface area contributed by atoms with Crippen molar-refractivity contribution in [1.82, 2.24) is 0 Å². The van der Waals surface area contributed by atoms with Crippen LogP contribution in [-0.4, -0.2) is 48.4 Å². The van der Waals surface area contributed by atoms with Crippen LogP contribution < -0.4 is 0 Å². The zero-order valence-electron chi connectivity index (χ0n) is 12.9. The largest absolute Gasteiger partial charge is 0.507 e. The number of fused-ring (bicyclic) bond motifs is 2. The summed E-state index contributed by atoms with van der Waals surface area (Å²) < 4.78 is 10.8. The van der Waals surface area contributed by atoms with Gasteiger partial charge in [-0.3, -0.25) is 14.4 Å². The Morgan fingerprint density at radius 3 is 2.57 bits per heavy atom. The van der Waals surface area contributed by atoms with Crippen LogP contribution in [0.25, 0.3) is 0 Å². The fourth-order valence-electron chi connectivity index (χ4n) is 3.70. The van der Waals surface area contributed by atoms with Gasteiger partial charge < -0.3 is 14.6 Å². The van der Waals surface area contributed by atoms with Crippen LogP contribution in [0.3, 0.4) is 0 Å². The van der Waals surface area contributed by atoms with E-state index in [-0.39, 0.29) is 40.6 Å². The molecule has 6 nitrogen and oxygen atoms in total. The summed E-state index contributed by atoms with van der Waals surface area (Å²) in [5.41, 5.74) is 0.163. The van der Waals surface area contributed by atoms with Gasteiger partial charge in [0, 0.05) is 25.7 Å². The molecule has 122 valence electrons. The van der Waals surface area contributed by atoms with E-state index in [1.807, 2.05) is 0 Å². The number of ketones is 3. The lowest BCUT2D eigenvalue weighted by molar-refractivity contribution is -0.144. The highest BCUT2D eigenvalue weighted by Gasteiger charge is 2.55. The third-order valence-electron chi connectivity index (χ3n) is 4.63. The Morgan fingerprint density at radius 2 is 1.91 bits per heavy atom. The summed E-state index contributed by atoms with van der Waals surface area (Å²) >= 11 is 0. The molecule has 23 heavy (non-hydrogen) atoms. The molecule has 0 aliphatic heterocycles. The van der Waals surface area contributed by atoms with Crippen LogP contribution in [0.5, 0.6) is 5.75 Å². The van der Waals surface area contributed by atoms with Gasteiger partial charge >= 0.3 is 0 Å². The molecule has 4 atom stereocenters. The van der Waals surface area contributed by atoms with Crippen LogP contribution in [0.1, 0.15) is 34.1 Å². The molecule has 1 fully saturated rings. The maximum atomic E-state index is 12.9. The van der Waals surface area contributed by atoms with Crippen molar-refractivity contribution in [3.05, 3.63) is 29.3 Å². The first-order chi connectivity index (χ1) is 11.0. The summed E-state index contributed by atoms with van der Waals surface area (Å²) in [6.07, 6.45) is -1.60. The Morgan fingerprint density at radius 1 is 1.17 bits per heavy atom. The van der Waals surface area contributed by atoms with Crippen LogP contribution >= 0.6 is 0 Å². The van der Waals surface area contributed by atoms with Crippen molar-refractivity contribution in [3.63, 3.8) is 0 Å². The number of hydrogen-bond acceptors (Lipinski definition) is 6. The smallest absolute Gasteiger partial charge is 0.173 e. The summed E-state index contributed by atoms with van der Waals surface area (Å²) in [5, 5.41) is 10.0. The van der Waals surface area contributed by atoms with E-state index in [4.69, 9.17) is 9.47 Å². The van der Waals surface area contributed by atoms with Gasteiger partial charge in [-0.25, -0.2) is 0 Å². The first kappa shape index (κ1) is 15.8. The lowest BCUT2D eigenvalue weighted by atomic mass is 9.64. The molecule has 1 aromatic carbocycles. The van der Waals surface area contributed by atoms with Crippen LogP contribution in [0.15, 0.2) is 18.2 Å². The molecule has 0 bridgehead atoms. The highest BCUT2D eigenvalue weighted by molar-refractivity contribution is 6.19. The predicted octanol–water partition coefficient (Wildman–Crippen LogP) is 1.40. The van der Waals surface area contributed by atoms with Crippen molar-refractivity contribution in [1.29, 1.82) is 0 Å². The molecule has 0 heterocycles. The molecule has 0 spiro atoms. The maximum Gasteiger partial charge on any atom is 0.173 e. The lowest BCUT2D eigenvalue weighted by Crippen LogP contribution is -2.56. The first-order valence-electron chi connectivity index (χ1n) is 7.58. The molecule has 2 aliphatic rings. The molecule has 0 radical (unpaired) electrons. The summed E-state index contributed by atoms with van der Waals surface area (Å²) in [6, 6.07) is 4.38. The minimum absolute atomic E-state index is 0.0210. The van der Waals surface area contributed by atoms with Crippen molar-refractivity contribution in [2.24, 2.45) is 11.8 Å². The van der Waals surface area contributed by atoms with E-state index in [0.717, 1.165) is 0 Å². The molecule has 2 aliphatic carbocycles. The fourth-order valence-corrected chi connectivity index (χ4v) is 3.70. The second kappa shape index (κ2) is 5.86. The van der Waals surface area contributed by atoms with E-state index in [1.54, 1.807) is 6.92 Å². The fraction of sp³-hybridized carbons (Fsp3) is 0.471. The number of carbonyl (C=O) groups is 3. The highest BCUT2D eigenvalue weighted by atomic mass is 16.5. The molecule has 3 rings (SSSR count). The van der Waals surface area contributed by atoms with Crippen molar-refractivity contribution >= 4 is 17.3 Å². The molecular weight excluding hydrogens is 300 g/mol. The first-order valence-corrected chi connectivity index (χ1v) is 7.58. The molecule has 0 saturated heterocycles. The van der Waals surface area contributed by atoms with Crippen LogP contribution in [0.4, 0.5) is 0 Å². The number of Topliss-reactive ketones (excluding diaryl/α,β-unsaturated/α-hetero) is 3. The molecule has 0 aromatic heterocycles. The van der Waals surface area contributed by atoms with E-state index in [0.29, 0.717) is 6.61 Å². The van der Waals surface area contributed by atoms with Gasteiger partial charge in [-0.05, 0) is 13.0 Å². The number of phenolic OH excluding ortho intramolecular Hbond substituents is 1. The van der Waals surface area contributed by atoms with E-state index in [1.165, 1.54) is 25.3 Å². The van der Waals surface area contributed by atoms with Crippen molar-refractivity contribution in [2.45, 2.75) is 25.6 Å². The number of methoxy groups -OCH3 is 1. The molecule has 0 amide bonds. The molecule has 1 N–H and O–H groups in total.